The Labute approximate surface area is 72.4 Å². The van der Waals surface area contributed by atoms with Crippen molar-refractivity contribution in [3.05, 3.63) is 0 Å². The van der Waals surface area contributed by atoms with Crippen molar-refractivity contribution in [2.24, 2.45) is 5.92 Å². The monoisotopic (exact) mass is 176 g/mol. The van der Waals surface area contributed by atoms with Gasteiger partial charge in [-0.25, -0.2) is 0 Å². The molecule has 66 valence electrons. The molecule has 0 aliphatic heterocycles. The molecule has 0 saturated carbocycles. The highest BCUT2D eigenvalue weighted by Gasteiger charge is 2.17. The Morgan fingerprint density at radius 1 is 1.27 bits per heavy atom. The van der Waals surface area contributed by atoms with Crippen LogP contribution in [0.4, 0.5) is 0 Å². The molecule has 0 aliphatic carbocycles. The molecule has 0 aromatic carbocycles. The summed E-state index contributed by atoms with van der Waals surface area (Å²) in [7, 11) is 0. The molecule has 0 radical (unpaired) electrons. The minimum Gasteiger partial charge on any atom is -0.480 e. The lowest BCUT2D eigenvalue weighted by Gasteiger charge is -2.16. The molecule has 0 saturated heterocycles. The van der Waals surface area contributed by atoms with E-state index in [4.69, 9.17) is 5.11 Å². The highest BCUT2D eigenvalue weighted by molar-refractivity contribution is 8.01. The number of rotatable bonds is 4. The molecule has 0 bridgehead atoms. The molecule has 0 heterocycles. The van der Waals surface area contributed by atoms with Gasteiger partial charge in [0.15, 0.2) is 0 Å². The van der Waals surface area contributed by atoms with Gasteiger partial charge in [-0.05, 0) is 12.8 Å². The Kier molecular flexibility index (Phi) is 4.57. The zero-order valence-electron chi connectivity index (χ0n) is 7.50. The number of carboxylic acid groups (broad SMARTS) is 1. The fourth-order valence-corrected chi connectivity index (χ4v) is 1.61. The van der Waals surface area contributed by atoms with Gasteiger partial charge in [-0.1, -0.05) is 20.8 Å². The van der Waals surface area contributed by atoms with Crippen molar-refractivity contribution >= 4 is 17.7 Å². The van der Waals surface area contributed by atoms with Crippen LogP contribution >= 0.6 is 11.8 Å². The molecule has 0 aromatic rings. The maximum absolute atomic E-state index is 10.4. The van der Waals surface area contributed by atoms with Crippen molar-refractivity contribution in [2.45, 2.75) is 38.2 Å². The highest BCUT2D eigenvalue weighted by Crippen LogP contribution is 2.23. The fourth-order valence-electron chi connectivity index (χ4n) is 0.537. The minimum absolute atomic E-state index is 0.285. The lowest BCUT2D eigenvalue weighted by molar-refractivity contribution is -0.136. The molecule has 0 rings (SSSR count). The SMILES string of the molecule is CC(SC(C)C(C)C)C(=O)O. The van der Waals surface area contributed by atoms with Crippen LogP contribution < -0.4 is 0 Å². The summed E-state index contributed by atoms with van der Waals surface area (Å²) in [5.41, 5.74) is 0. The van der Waals surface area contributed by atoms with Crippen LogP contribution in [0.3, 0.4) is 0 Å². The number of aliphatic carboxylic acids is 1. The molecule has 3 heteroatoms. The van der Waals surface area contributed by atoms with Crippen molar-refractivity contribution in [3.8, 4) is 0 Å². The van der Waals surface area contributed by atoms with Gasteiger partial charge >= 0.3 is 5.97 Å². The Balaban J connectivity index is 3.75. The zero-order chi connectivity index (χ0) is 9.02. The van der Waals surface area contributed by atoms with Crippen LogP contribution in [0, 0.1) is 5.92 Å². The van der Waals surface area contributed by atoms with Crippen molar-refractivity contribution in [1.82, 2.24) is 0 Å². The summed E-state index contributed by atoms with van der Waals surface area (Å²) >= 11 is 1.52. The lowest BCUT2D eigenvalue weighted by Crippen LogP contribution is -2.18. The summed E-state index contributed by atoms with van der Waals surface area (Å²) in [6, 6.07) is 0. The molecule has 1 N–H and O–H groups in total. The highest BCUT2D eigenvalue weighted by atomic mass is 32.2. The van der Waals surface area contributed by atoms with Crippen LogP contribution in [-0.4, -0.2) is 21.6 Å². The second-order valence-corrected chi connectivity index (χ2v) is 4.79. The van der Waals surface area contributed by atoms with Gasteiger partial charge in [0, 0.05) is 5.25 Å². The smallest absolute Gasteiger partial charge is 0.316 e. The predicted molar refractivity (Wildman–Crippen MR) is 49.0 cm³/mol. The number of carbonyl (C=O) groups is 1. The van der Waals surface area contributed by atoms with Crippen LogP contribution in [0.25, 0.3) is 0 Å². The topological polar surface area (TPSA) is 37.3 Å². The molecule has 0 fully saturated rings. The van der Waals surface area contributed by atoms with Gasteiger partial charge in [0.1, 0.15) is 0 Å². The van der Waals surface area contributed by atoms with Crippen molar-refractivity contribution in [1.29, 1.82) is 0 Å². The molecule has 11 heavy (non-hydrogen) atoms. The van der Waals surface area contributed by atoms with Gasteiger partial charge < -0.3 is 5.11 Å². The van der Waals surface area contributed by atoms with E-state index in [1.807, 2.05) is 0 Å². The van der Waals surface area contributed by atoms with Gasteiger partial charge in [0.2, 0.25) is 0 Å². The van der Waals surface area contributed by atoms with Gasteiger partial charge in [-0.3, -0.25) is 4.79 Å². The molecular weight excluding hydrogens is 160 g/mol. The lowest BCUT2D eigenvalue weighted by atomic mass is 10.2. The Morgan fingerprint density at radius 3 is 2.00 bits per heavy atom. The largest absolute Gasteiger partial charge is 0.480 e. The quantitative estimate of drug-likeness (QED) is 0.713. The Hall–Kier alpha value is -0.180. The van der Waals surface area contributed by atoms with E-state index in [2.05, 4.69) is 20.8 Å². The van der Waals surface area contributed by atoms with E-state index in [0.717, 1.165) is 0 Å². The van der Waals surface area contributed by atoms with Crippen molar-refractivity contribution in [3.63, 3.8) is 0 Å². The van der Waals surface area contributed by atoms with E-state index in [-0.39, 0.29) is 5.25 Å². The average molecular weight is 176 g/mol. The average Bonchev–Trinajstić information content (AvgIpc) is 1.87. The van der Waals surface area contributed by atoms with E-state index >= 15 is 0 Å². The molecule has 0 amide bonds. The van der Waals surface area contributed by atoms with Crippen LogP contribution in [0.5, 0.6) is 0 Å². The molecule has 2 unspecified atom stereocenters. The third kappa shape index (κ3) is 4.30. The first-order valence-corrected chi connectivity index (χ1v) is 4.77. The molecule has 2 nitrogen and oxygen atoms in total. The van der Waals surface area contributed by atoms with Crippen molar-refractivity contribution < 1.29 is 9.90 Å². The summed E-state index contributed by atoms with van der Waals surface area (Å²) < 4.78 is 0. The molecule has 0 aliphatic rings. The first kappa shape index (κ1) is 10.8. The minimum atomic E-state index is -0.720. The first-order valence-electron chi connectivity index (χ1n) is 3.83. The second-order valence-electron chi connectivity index (χ2n) is 3.07. The predicted octanol–water partition coefficient (Wildman–Crippen LogP) is 2.24. The van der Waals surface area contributed by atoms with Gasteiger partial charge in [-0.15, -0.1) is 11.8 Å². The standard InChI is InChI=1S/C8H16O2S/c1-5(2)6(3)11-7(4)8(9)10/h5-7H,1-4H3,(H,9,10). The van der Waals surface area contributed by atoms with Gasteiger partial charge in [0.25, 0.3) is 0 Å². The Morgan fingerprint density at radius 2 is 1.73 bits per heavy atom. The van der Waals surface area contributed by atoms with E-state index in [0.29, 0.717) is 11.2 Å². The summed E-state index contributed by atoms with van der Waals surface area (Å²) in [4.78, 5) is 10.4. The summed E-state index contributed by atoms with van der Waals surface area (Å²) in [6.45, 7) is 8.00. The number of hydrogen-bond donors (Lipinski definition) is 1. The van der Waals surface area contributed by atoms with Crippen molar-refractivity contribution in [2.75, 3.05) is 0 Å². The molecular formula is C8H16O2S. The summed E-state index contributed by atoms with van der Waals surface area (Å²) in [6.07, 6.45) is 0. The van der Waals surface area contributed by atoms with E-state index in [1.54, 1.807) is 6.92 Å². The summed E-state index contributed by atoms with van der Waals surface area (Å²) in [5.74, 6) is -0.177. The second kappa shape index (κ2) is 4.65. The molecule has 2 atom stereocenters. The zero-order valence-corrected chi connectivity index (χ0v) is 8.31. The van der Waals surface area contributed by atoms with Gasteiger partial charge in [0.05, 0.1) is 5.25 Å². The van der Waals surface area contributed by atoms with E-state index < -0.39 is 5.97 Å². The number of carboxylic acids is 1. The number of hydrogen-bond acceptors (Lipinski definition) is 2. The first-order chi connectivity index (χ1) is 4.95. The van der Waals surface area contributed by atoms with Crippen LogP contribution in [0.2, 0.25) is 0 Å². The normalized spacial score (nSPS) is 16.5. The van der Waals surface area contributed by atoms with Crippen LogP contribution in [0.15, 0.2) is 0 Å². The number of thioether (sulfide) groups is 1. The molecule has 0 aromatic heterocycles. The maximum Gasteiger partial charge on any atom is 0.316 e. The Bertz CT molecular complexity index is 134. The van der Waals surface area contributed by atoms with E-state index in [1.165, 1.54) is 11.8 Å². The molecule has 0 spiro atoms. The van der Waals surface area contributed by atoms with Gasteiger partial charge in [-0.2, -0.15) is 0 Å². The van der Waals surface area contributed by atoms with E-state index in [9.17, 15) is 4.79 Å². The maximum atomic E-state index is 10.4. The third-order valence-electron chi connectivity index (χ3n) is 1.71. The van der Waals surface area contributed by atoms with Crippen LogP contribution in [0.1, 0.15) is 27.7 Å². The summed E-state index contributed by atoms with van der Waals surface area (Å²) in [5, 5.41) is 8.72. The van der Waals surface area contributed by atoms with Crippen LogP contribution in [-0.2, 0) is 4.79 Å². The fraction of sp³-hybridized carbons (Fsp3) is 0.875. The third-order valence-corrected chi connectivity index (χ3v) is 3.29.